The quantitative estimate of drug-likeness (QED) is 0.632. The first-order valence-corrected chi connectivity index (χ1v) is 10.2. The summed E-state index contributed by atoms with van der Waals surface area (Å²) in [5.74, 6) is 3.04. The van der Waals surface area contributed by atoms with Crippen LogP contribution >= 0.6 is 11.6 Å². The lowest BCUT2D eigenvalue weighted by Crippen LogP contribution is -2.52. The monoisotopic (exact) mass is 416 g/mol. The first-order chi connectivity index (χ1) is 14.1. The largest absolute Gasteiger partial charge is 0.465 e. The summed E-state index contributed by atoms with van der Waals surface area (Å²) in [4.78, 5) is 9.19. The van der Waals surface area contributed by atoms with Gasteiger partial charge in [-0.2, -0.15) is 4.98 Å². The SMILES string of the molecule is Cc1ccc(CN2CCN(Cc3nc(-c4ccc(Cl)cc4)no3)C[C@H]2CCO)o1. The molecule has 1 aromatic carbocycles. The standard InChI is InChI=1S/C21H25ClN4O3/c1-15-2-7-19(28-15)13-26-10-9-25(12-18(26)8-11-27)14-20-23-21(24-29-20)16-3-5-17(22)6-4-16/h2-7,18,27H,8-14H2,1H3/t18-/m1/s1. The van der Waals surface area contributed by atoms with Crippen LogP contribution in [0.4, 0.5) is 0 Å². The van der Waals surface area contributed by atoms with Crippen molar-refractivity contribution in [3.63, 3.8) is 0 Å². The highest BCUT2D eigenvalue weighted by Gasteiger charge is 2.28. The zero-order chi connectivity index (χ0) is 20.2. The van der Waals surface area contributed by atoms with Crippen molar-refractivity contribution in [3.8, 4) is 11.4 Å². The van der Waals surface area contributed by atoms with Gasteiger partial charge in [-0.3, -0.25) is 9.80 Å². The van der Waals surface area contributed by atoms with Crippen molar-refractivity contribution in [3.05, 3.63) is 58.8 Å². The molecule has 0 saturated carbocycles. The van der Waals surface area contributed by atoms with Crippen molar-refractivity contribution in [2.45, 2.75) is 32.5 Å². The van der Waals surface area contributed by atoms with E-state index in [1.807, 2.05) is 43.3 Å². The third-order valence-corrected chi connectivity index (χ3v) is 5.49. The van der Waals surface area contributed by atoms with Crippen LogP contribution in [0.15, 0.2) is 45.3 Å². The molecule has 1 atom stereocenters. The number of benzene rings is 1. The molecule has 154 valence electrons. The summed E-state index contributed by atoms with van der Waals surface area (Å²) in [6, 6.07) is 11.6. The van der Waals surface area contributed by atoms with Crippen LogP contribution < -0.4 is 0 Å². The summed E-state index contributed by atoms with van der Waals surface area (Å²) < 4.78 is 11.2. The number of aromatic nitrogens is 2. The molecule has 0 aliphatic carbocycles. The van der Waals surface area contributed by atoms with Gasteiger partial charge < -0.3 is 14.0 Å². The fourth-order valence-electron chi connectivity index (χ4n) is 3.73. The molecule has 0 radical (unpaired) electrons. The Morgan fingerprint density at radius 1 is 1.14 bits per heavy atom. The molecule has 0 bridgehead atoms. The van der Waals surface area contributed by atoms with Crippen LogP contribution in [0.2, 0.25) is 5.02 Å². The maximum atomic E-state index is 9.51. The number of furan rings is 1. The molecule has 1 aliphatic heterocycles. The van der Waals surface area contributed by atoms with Gasteiger partial charge in [0.1, 0.15) is 11.5 Å². The first-order valence-electron chi connectivity index (χ1n) is 9.82. The number of aliphatic hydroxyl groups excluding tert-OH is 1. The van der Waals surface area contributed by atoms with E-state index in [0.717, 1.165) is 49.7 Å². The van der Waals surface area contributed by atoms with Crippen LogP contribution in [-0.4, -0.2) is 57.3 Å². The second-order valence-corrected chi connectivity index (χ2v) is 7.84. The Morgan fingerprint density at radius 2 is 1.97 bits per heavy atom. The smallest absolute Gasteiger partial charge is 0.241 e. The lowest BCUT2D eigenvalue weighted by molar-refractivity contribution is 0.0408. The van der Waals surface area contributed by atoms with Gasteiger partial charge in [-0.15, -0.1) is 0 Å². The third-order valence-electron chi connectivity index (χ3n) is 5.24. The molecule has 0 unspecified atom stereocenters. The van der Waals surface area contributed by atoms with Gasteiger partial charge in [0.15, 0.2) is 0 Å². The van der Waals surface area contributed by atoms with Crippen molar-refractivity contribution in [2.75, 3.05) is 26.2 Å². The van der Waals surface area contributed by atoms with Crippen molar-refractivity contribution >= 4 is 11.6 Å². The van der Waals surface area contributed by atoms with E-state index in [0.29, 0.717) is 23.3 Å². The molecule has 3 aromatic rings. The maximum absolute atomic E-state index is 9.51. The van der Waals surface area contributed by atoms with E-state index in [4.69, 9.17) is 20.5 Å². The summed E-state index contributed by atoms with van der Waals surface area (Å²) >= 11 is 5.94. The molecule has 8 heteroatoms. The maximum Gasteiger partial charge on any atom is 0.241 e. The molecular weight excluding hydrogens is 392 g/mol. The Morgan fingerprint density at radius 3 is 2.69 bits per heavy atom. The second kappa shape index (κ2) is 9.09. The topological polar surface area (TPSA) is 78.8 Å². The highest BCUT2D eigenvalue weighted by atomic mass is 35.5. The predicted molar refractivity (Wildman–Crippen MR) is 109 cm³/mol. The summed E-state index contributed by atoms with van der Waals surface area (Å²) in [6.45, 7) is 6.08. The zero-order valence-corrected chi connectivity index (χ0v) is 17.2. The van der Waals surface area contributed by atoms with Gasteiger partial charge in [0.25, 0.3) is 0 Å². The number of aryl methyl sites for hydroxylation is 1. The Labute approximate surface area is 174 Å². The lowest BCUT2D eigenvalue weighted by atomic mass is 10.1. The van der Waals surface area contributed by atoms with Crippen LogP contribution in [0, 0.1) is 6.92 Å². The number of piperazine rings is 1. The van der Waals surface area contributed by atoms with Gasteiger partial charge >= 0.3 is 0 Å². The van der Waals surface area contributed by atoms with Crippen molar-refractivity contribution < 1.29 is 14.0 Å². The molecule has 3 heterocycles. The lowest BCUT2D eigenvalue weighted by Gasteiger charge is -2.40. The van der Waals surface area contributed by atoms with Crippen LogP contribution in [0.25, 0.3) is 11.4 Å². The molecule has 0 spiro atoms. The van der Waals surface area contributed by atoms with E-state index in [-0.39, 0.29) is 12.6 Å². The highest BCUT2D eigenvalue weighted by Crippen LogP contribution is 2.21. The number of aliphatic hydroxyl groups is 1. The molecule has 0 amide bonds. The molecule has 1 N–H and O–H groups in total. The molecule has 1 saturated heterocycles. The number of hydrogen-bond donors (Lipinski definition) is 1. The van der Waals surface area contributed by atoms with Crippen molar-refractivity contribution in [1.29, 1.82) is 0 Å². The van der Waals surface area contributed by atoms with E-state index < -0.39 is 0 Å². The highest BCUT2D eigenvalue weighted by molar-refractivity contribution is 6.30. The molecular formula is C21H25ClN4O3. The summed E-state index contributed by atoms with van der Waals surface area (Å²) in [6.07, 6.45) is 0.718. The number of rotatable bonds is 7. The van der Waals surface area contributed by atoms with E-state index in [1.54, 1.807) is 0 Å². The first kappa shape index (κ1) is 20.1. The van der Waals surface area contributed by atoms with Crippen LogP contribution in [0.3, 0.4) is 0 Å². The van der Waals surface area contributed by atoms with Crippen LogP contribution in [0.1, 0.15) is 23.8 Å². The summed E-state index contributed by atoms with van der Waals surface area (Å²) in [5.41, 5.74) is 0.876. The van der Waals surface area contributed by atoms with Gasteiger partial charge in [0, 0.05) is 42.9 Å². The summed E-state index contributed by atoms with van der Waals surface area (Å²) in [7, 11) is 0. The Kier molecular flexibility index (Phi) is 6.30. The van der Waals surface area contributed by atoms with Gasteiger partial charge in [-0.25, -0.2) is 0 Å². The number of hydrogen-bond acceptors (Lipinski definition) is 7. The van der Waals surface area contributed by atoms with Gasteiger partial charge in [0.05, 0.1) is 13.1 Å². The minimum atomic E-state index is 0.160. The molecule has 7 nitrogen and oxygen atoms in total. The Bertz CT molecular complexity index is 924. The summed E-state index contributed by atoms with van der Waals surface area (Å²) in [5, 5.41) is 14.3. The minimum Gasteiger partial charge on any atom is -0.465 e. The van der Waals surface area contributed by atoms with E-state index in [2.05, 4.69) is 19.9 Å². The molecule has 1 fully saturated rings. The average Bonchev–Trinajstić information content (AvgIpc) is 3.34. The van der Waals surface area contributed by atoms with Crippen molar-refractivity contribution in [1.82, 2.24) is 19.9 Å². The molecule has 2 aromatic heterocycles. The molecule has 29 heavy (non-hydrogen) atoms. The minimum absolute atomic E-state index is 0.160. The predicted octanol–water partition coefficient (Wildman–Crippen LogP) is 3.36. The average molecular weight is 417 g/mol. The Balaban J connectivity index is 1.38. The second-order valence-electron chi connectivity index (χ2n) is 7.40. The van der Waals surface area contributed by atoms with E-state index >= 15 is 0 Å². The van der Waals surface area contributed by atoms with Gasteiger partial charge in [-0.1, -0.05) is 16.8 Å². The van der Waals surface area contributed by atoms with E-state index in [1.165, 1.54) is 0 Å². The van der Waals surface area contributed by atoms with Crippen LogP contribution in [-0.2, 0) is 13.1 Å². The fourth-order valence-corrected chi connectivity index (χ4v) is 3.85. The normalized spacial score (nSPS) is 18.4. The third kappa shape index (κ3) is 5.05. The van der Waals surface area contributed by atoms with Crippen molar-refractivity contribution in [2.24, 2.45) is 0 Å². The molecule has 1 aliphatic rings. The number of nitrogens with zero attached hydrogens (tertiary/aromatic N) is 4. The Hall–Kier alpha value is -2.19. The van der Waals surface area contributed by atoms with Gasteiger partial charge in [0.2, 0.25) is 11.7 Å². The van der Waals surface area contributed by atoms with Gasteiger partial charge in [-0.05, 0) is 49.7 Å². The fraction of sp³-hybridized carbons (Fsp3) is 0.429. The zero-order valence-electron chi connectivity index (χ0n) is 16.4. The molecule has 4 rings (SSSR count). The number of halogens is 1. The van der Waals surface area contributed by atoms with Crippen LogP contribution in [0.5, 0.6) is 0 Å². The van der Waals surface area contributed by atoms with E-state index in [9.17, 15) is 5.11 Å².